The van der Waals surface area contributed by atoms with Crippen LogP contribution in [0.2, 0.25) is 0 Å². The number of amides is 5. The van der Waals surface area contributed by atoms with Gasteiger partial charge in [0.15, 0.2) is 0 Å². The maximum Gasteiger partial charge on any atom is 0.475 e. The molecule has 2 fully saturated rings. The van der Waals surface area contributed by atoms with Gasteiger partial charge in [-0.15, -0.1) is 0 Å². The van der Waals surface area contributed by atoms with E-state index in [0.717, 1.165) is 0 Å². The molecule has 9 N–H and O–H groups in total. The molecule has 2 aliphatic heterocycles. The number of carbonyl (C=O) groups excluding carboxylic acids is 5. The van der Waals surface area contributed by atoms with Crippen LogP contribution in [-0.2, 0) is 38.4 Å². The summed E-state index contributed by atoms with van der Waals surface area (Å²) in [5, 5.41) is 57.4. The standard InChI is InChI=1S/C33H58BN9O13/c1-21(2)30(32(53)37-23(4)33(54)43-7-5-6-24(43)34(55)56)38-25(44)16-35-31(52)22(3)36-26(45)17-39-8-10-40(18-27(46)47)12-14-42(20-29(50)51)15-13-41(11-9-39)19-28(48)49/h21-24,30,55-56H,5-20H2,1-4H3,(H,35,52)(H,36,45)(H,37,53)(H,38,44)(H,46,47)(H,48,49)(H,50,51)/t22-,23+,24-,30-/m0/s1. The smallest absolute Gasteiger partial charge is 0.475 e. The number of carbonyl (C=O) groups is 8. The quantitative estimate of drug-likeness (QED) is 0.0585. The van der Waals surface area contributed by atoms with E-state index in [1.807, 2.05) is 0 Å². The molecule has 316 valence electrons. The van der Waals surface area contributed by atoms with Crippen molar-refractivity contribution in [1.82, 2.24) is 45.8 Å². The number of nitrogens with one attached hydrogen (secondary N) is 4. The second-order valence-electron chi connectivity index (χ2n) is 14.5. The van der Waals surface area contributed by atoms with Gasteiger partial charge >= 0.3 is 25.0 Å². The number of nitrogens with zero attached hydrogens (tertiary/aromatic N) is 5. The summed E-state index contributed by atoms with van der Waals surface area (Å²) in [6.45, 7) is 6.43. The Balaban J connectivity index is 1.96. The van der Waals surface area contributed by atoms with Crippen LogP contribution >= 0.6 is 0 Å². The zero-order valence-electron chi connectivity index (χ0n) is 32.5. The summed E-state index contributed by atoms with van der Waals surface area (Å²) in [5.74, 6) is -7.59. The number of aliphatic carboxylic acids is 3. The molecule has 56 heavy (non-hydrogen) atoms. The molecule has 0 radical (unpaired) electrons. The Kier molecular flexibility index (Phi) is 20.1. The minimum absolute atomic E-state index is 0.196. The third kappa shape index (κ3) is 17.2. The predicted octanol–water partition coefficient (Wildman–Crippen LogP) is -5.27. The van der Waals surface area contributed by atoms with Gasteiger partial charge in [0.2, 0.25) is 29.5 Å². The van der Waals surface area contributed by atoms with Crippen molar-refractivity contribution < 1.29 is 63.7 Å². The molecule has 0 saturated carbocycles. The molecule has 0 aliphatic carbocycles. The first kappa shape index (κ1) is 47.7. The van der Waals surface area contributed by atoms with E-state index >= 15 is 0 Å². The summed E-state index contributed by atoms with van der Waals surface area (Å²) in [4.78, 5) is 107. The summed E-state index contributed by atoms with van der Waals surface area (Å²) in [5.41, 5.74) is 0. The molecule has 22 nitrogen and oxygen atoms in total. The number of rotatable bonds is 18. The van der Waals surface area contributed by atoms with Gasteiger partial charge in [-0.1, -0.05) is 13.8 Å². The second-order valence-corrected chi connectivity index (χ2v) is 14.5. The van der Waals surface area contributed by atoms with Gasteiger partial charge in [-0.25, -0.2) is 0 Å². The lowest BCUT2D eigenvalue weighted by atomic mass is 9.78. The molecule has 5 amide bonds. The number of likely N-dealkylation sites (tertiary alicyclic amines) is 1. The van der Waals surface area contributed by atoms with Gasteiger partial charge in [0.25, 0.3) is 0 Å². The van der Waals surface area contributed by atoms with Crippen LogP contribution in [0.3, 0.4) is 0 Å². The lowest BCUT2D eigenvalue weighted by Gasteiger charge is -2.33. The van der Waals surface area contributed by atoms with Crippen molar-refractivity contribution >= 4 is 54.6 Å². The molecule has 0 aromatic carbocycles. The van der Waals surface area contributed by atoms with Crippen LogP contribution < -0.4 is 21.3 Å². The van der Waals surface area contributed by atoms with Gasteiger partial charge in [0.1, 0.15) is 18.1 Å². The first-order chi connectivity index (χ1) is 26.3. The summed E-state index contributed by atoms with van der Waals surface area (Å²) >= 11 is 0. The first-order valence-electron chi connectivity index (χ1n) is 18.7. The summed E-state index contributed by atoms with van der Waals surface area (Å²) < 4.78 is 0. The molecule has 2 rings (SSSR count). The van der Waals surface area contributed by atoms with Crippen LogP contribution in [0.25, 0.3) is 0 Å². The molecule has 2 heterocycles. The second kappa shape index (κ2) is 23.6. The Morgan fingerprint density at radius 1 is 0.589 bits per heavy atom. The summed E-state index contributed by atoms with van der Waals surface area (Å²) in [6, 6.07) is -3.20. The van der Waals surface area contributed by atoms with E-state index in [0.29, 0.717) is 19.4 Å². The van der Waals surface area contributed by atoms with Gasteiger partial charge in [0.05, 0.1) is 38.7 Å². The highest BCUT2D eigenvalue weighted by atomic mass is 16.4. The molecular weight excluding hydrogens is 741 g/mol. The van der Waals surface area contributed by atoms with Crippen molar-refractivity contribution in [3.05, 3.63) is 0 Å². The van der Waals surface area contributed by atoms with E-state index in [1.165, 1.54) is 18.7 Å². The van der Waals surface area contributed by atoms with Crippen LogP contribution in [0.5, 0.6) is 0 Å². The average Bonchev–Trinajstić information content (AvgIpc) is 3.60. The van der Waals surface area contributed by atoms with Crippen molar-refractivity contribution in [2.45, 2.75) is 64.6 Å². The van der Waals surface area contributed by atoms with Crippen LogP contribution in [0, 0.1) is 5.92 Å². The van der Waals surface area contributed by atoms with E-state index in [1.54, 1.807) is 33.4 Å². The van der Waals surface area contributed by atoms with Gasteiger partial charge in [0, 0.05) is 58.9 Å². The maximum atomic E-state index is 13.1. The monoisotopic (exact) mass is 799 g/mol. The Bertz CT molecular complexity index is 1360. The number of hydrogen-bond donors (Lipinski definition) is 9. The minimum atomic E-state index is -1.72. The molecule has 2 aliphatic rings. The van der Waals surface area contributed by atoms with Gasteiger partial charge in [-0.05, 0) is 32.6 Å². The SMILES string of the molecule is CC(C)[C@H](NC(=O)CNC(=O)[C@H](C)NC(=O)CN1CCN(CC(=O)O)CCN(CC(=O)O)CCN(CC(=O)O)CC1)C(=O)N[C@H](C)C(=O)N1CCC[C@H]1B(O)O. The fraction of sp³-hybridized carbons (Fsp3) is 0.758. The fourth-order valence-corrected chi connectivity index (χ4v) is 6.41. The Morgan fingerprint density at radius 2 is 1.04 bits per heavy atom. The molecule has 0 aromatic heterocycles. The highest BCUT2D eigenvalue weighted by Gasteiger charge is 2.39. The third-order valence-electron chi connectivity index (χ3n) is 9.49. The van der Waals surface area contributed by atoms with Gasteiger partial charge in [-0.3, -0.25) is 58.0 Å². The number of hydrogen-bond acceptors (Lipinski definition) is 14. The lowest BCUT2D eigenvalue weighted by molar-refractivity contribution is -0.140. The lowest BCUT2D eigenvalue weighted by Crippen LogP contribution is -2.57. The van der Waals surface area contributed by atoms with Crippen LogP contribution in [0.1, 0.15) is 40.5 Å². The number of carboxylic acid groups (broad SMARTS) is 3. The van der Waals surface area contributed by atoms with Crippen molar-refractivity contribution in [2.75, 3.05) is 91.6 Å². The van der Waals surface area contributed by atoms with Crippen LogP contribution in [0.4, 0.5) is 0 Å². The molecule has 4 atom stereocenters. The van der Waals surface area contributed by atoms with Crippen molar-refractivity contribution in [1.29, 1.82) is 0 Å². The van der Waals surface area contributed by atoms with Gasteiger partial charge < -0.3 is 51.5 Å². The molecule has 23 heteroatoms. The van der Waals surface area contributed by atoms with E-state index in [4.69, 9.17) is 0 Å². The molecule has 0 spiro atoms. The zero-order valence-corrected chi connectivity index (χ0v) is 32.5. The highest BCUT2D eigenvalue weighted by Crippen LogP contribution is 2.19. The van der Waals surface area contributed by atoms with Crippen molar-refractivity contribution in [3.8, 4) is 0 Å². The molecule has 0 unspecified atom stereocenters. The topological polar surface area (TPSA) is 302 Å². The fourth-order valence-electron chi connectivity index (χ4n) is 6.41. The van der Waals surface area contributed by atoms with Crippen LogP contribution in [-0.4, -0.2) is 220 Å². The Labute approximate surface area is 326 Å². The molecule has 0 bridgehead atoms. The summed E-state index contributed by atoms with van der Waals surface area (Å²) in [7, 11) is -1.72. The largest absolute Gasteiger partial charge is 0.480 e. The van der Waals surface area contributed by atoms with E-state index in [2.05, 4.69) is 21.3 Å². The Hall–Kier alpha value is -4.42. The normalized spacial score (nSPS) is 19.8. The maximum absolute atomic E-state index is 13.1. The highest BCUT2D eigenvalue weighted by molar-refractivity contribution is 6.43. The van der Waals surface area contributed by atoms with Gasteiger partial charge in [-0.2, -0.15) is 0 Å². The zero-order chi connectivity index (χ0) is 42.1. The summed E-state index contributed by atoms with van der Waals surface area (Å²) in [6.07, 6.45) is 0.985. The van der Waals surface area contributed by atoms with E-state index < -0.39 is 91.1 Å². The molecule has 2 saturated heterocycles. The number of carboxylic acids is 3. The molecule has 0 aromatic rings. The molecular formula is C33H58BN9O13. The minimum Gasteiger partial charge on any atom is -0.480 e. The van der Waals surface area contributed by atoms with Crippen LogP contribution in [0.15, 0.2) is 0 Å². The third-order valence-corrected chi connectivity index (χ3v) is 9.49. The Morgan fingerprint density at radius 3 is 1.45 bits per heavy atom. The predicted molar refractivity (Wildman–Crippen MR) is 199 cm³/mol. The van der Waals surface area contributed by atoms with E-state index in [9.17, 15) is 63.7 Å². The van der Waals surface area contributed by atoms with Crippen molar-refractivity contribution in [3.63, 3.8) is 0 Å². The van der Waals surface area contributed by atoms with E-state index in [-0.39, 0.29) is 78.5 Å². The average molecular weight is 800 g/mol. The van der Waals surface area contributed by atoms with Crippen molar-refractivity contribution in [2.24, 2.45) is 5.92 Å². The first-order valence-corrected chi connectivity index (χ1v) is 18.7.